The van der Waals surface area contributed by atoms with E-state index in [1.54, 1.807) is 7.11 Å². The monoisotopic (exact) mass is 263 g/mol. The minimum Gasteiger partial charge on any atom is -0.495 e. The number of carbonyl (C=O) groups is 1. The van der Waals surface area contributed by atoms with Gasteiger partial charge in [0.2, 0.25) is 5.91 Å². The van der Waals surface area contributed by atoms with Crippen molar-refractivity contribution in [3.63, 3.8) is 0 Å². The third kappa shape index (κ3) is 3.68. The highest BCUT2D eigenvalue weighted by molar-refractivity contribution is 5.93. The van der Waals surface area contributed by atoms with Crippen LogP contribution in [-0.2, 0) is 4.79 Å². The fourth-order valence-electron chi connectivity index (χ4n) is 2.39. The summed E-state index contributed by atoms with van der Waals surface area (Å²) >= 11 is 0. The van der Waals surface area contributed by atoms with Crippen molar-refractivity contribution in [3.05, 3.63) is 24.3 Å². The number of rotatable bonds is 5. The van der Waals surface area contributed by atoms with Gasteiger partial charge in [-0.2, -0.15) is 0 Å². The molecule has 1 fully saturated rings. The molecule has 1 amide bonds. The lowest BCUT2D eigenvalue weighted by Gasteiger charge is -2.16. The Morgan fingerprint density at radius 3 is 3.00 bits per heavy atom. The first-order chi connectivity index (χ1) is 9.22. The molecule has 1 heterocycles. The summed E-state index contributed by atoms with van der Waals surface area (Å²) in [5, 5.41) is 2.88. The maximum atomic E-state index is 12.0. The van der Waals surface area contributed by atoms with Gasteiger partial charge in [-0.3, -0.25) is 9.69 Å². The maximum absolute atomic E-state index is 12.0. The first kappa shape index (κ1) is 13.8. The average Bonchev–Trinajstić information content (AvgIpc) is 2.87. The molecule has 1 aliphatic rings. The lowest BCUT2D eigenvalue weighted by atomic mass is 10.1. The van der Waals surface area contributed by atoms with Gasteiger partial charge in [-0.15, -0.1) is 0 Å². The van der Waals surface area contributed by atoms with Crippen LogP contribution in [0.5, 0.6) is 5.75 Å². The predicted molar refractivity (Wildman–Crippen MR) is 75.2 cm³/mol. The number of nitrogens with zero attached hydrogens (tertiary/aromatic N) is 1. The predicted octanol–water partition coefficient (Wildman–Crippen LogP) is 0.914. The lowest BCUT2D eigenvalue weighted by molar-refractivity contribution is -0.117. The number of benzene rings is 1. The number of likely N-dealkylation sites (tertiary alicyclic amines) is 1. The van der Waals surface area contributed by atoms with Crippen molar-refractivity contribution in [2.75, 3.05) is 38.6 Å². The zero-order valence-corrected chi connectivity index (χ0v) is 11.3. The van der Waals surface area contributed by atoms with Gasteiger partial charge >= 0.3 is 0 Å². The van der Waals surface area contributed by atoms with Gasteiger partial charge in [0.05, 0.1) is 19.3 Å². The second-order valence-corrected chi connectivity index (χ2v) is 4.87. The van der Waals surface area contributed by atoms with Crippen LogP contribution in [0.25, 0.3) is 0 Å². The highest BCUT2D eigenvalue weighted by atomic mass is 16.5. The Bertz CT molecular complexity index is 436. The van der Waals surface area contributed by atoms with E-state index in [4.69, 9.17) is 10.5 Å². The van der Waals surface area contributed by atoms with Gasteiger partial charge in [-0.05, 0) is 37.6 Å². The van der Waals surface area contributed by atoms with Crippen LogP contribution in [0, 0.1) is 5.92 Å². The normalized spacial score (nSPS) is 19.4. The molecular weight excluding hydrogens is 242 g/mol. The smallest absolute Gasteiger partial charge is 0.238 e. The molecule has 0 spiro atoms. The Balaban J connectivity index is 1.87. The van der Waals surface area contributed by atoms with Crippen molar-refractivity contribution in [1.82, 2.24) is 4.90 Å². The molecule has 19 heavy (non-hydrogen) atoms. The van der Waals surface area contributed by atoms with Crippen LogP contribution in [0.1, 0.15) is 6.42 Å². The zero-order valence-electron chi connectivity index (χ0n) is 11.3. The summed E-state index contributed by atoms with van der Waals surface area (Å²) in [5.41, 5.74) is 6.36. The Labute approximate surface area is 113 Å². The highest BCUT2D eigenvalue weighted by Crippen LogP contribution is 2.23. The van der Waals surface area contributed by atoms with E-state index in [0.717, 1.165) is 19.5 Å². The summed E-state index contributed by atoms with van der Waals surface area (Å²) in [7, 11) is 1.59. The van der Waals surface area contributed by atoms with Gasteiger partial charge in [0.1, 0.15) is 5.75 Å². The molecule has 0 unspecified atom stereocenters. The molecule has 1 aromatic rings. The van der Waals surface area contributed by atoms with E-state index < -0.39 is 0 Å². The second-order valence-electron chi connectivity index (χ2n) is 4.87. The molecule has 0 aliphatic carbocycles. The SMILES string of the molecule is COc1ccccc1NC(=O)CN1CC[C@H](CN)C1. The van der Waals surface area contributed by atoms with E-state index in [1.165, 1.54) is 0 Å². The third-order valence-electron chi connectivity index (χ3n) is 3.45. The molecule has 1 aromatic carbocycles. The molecule has 104 valence electrons. The van der Waals surface area contributed by atoms with Crippen LogP contribution >= 0.6 is 0 Å². The van der Waals surface area contributed by atoms with Crippen molar-refractivity contribution in [3.8, 4) is 5.75 Å². The number of carbonyl (C=O) groups excluding carboxylic acids is 1. The summed E-state index contributed by atoms with van der Waals surface area (Å²) in [6, 6.07) is 7.42. The number of ether oxygens (including phenoxy) is 1. The summed E-state index contributed by atoms with van der Waals surface area (Å²) in [6.45, 7) is 2.97. The van der Waals surface area contributed by atoms with Crippen LogP contribution in [0.15, 0.2) is 24.3 Å². The number of nitrogens with two attached hydrogens (primary N) is 1. The molecule has 2 rings (SSSR count). The molecule has 1 atom stereocenters. The topological polar surface area (TPSA) is 67.6 Å². The van der Waals surface area contributed by atoms with Gasteiger partial charge in [0, 0.05) is 6.54 Å². The van der Waals surface area contributed by atoms with Crippen LogP contribution in [0.4, 0.5) is 5.69 Å². The van der Waals surface area contributed by atoms with E-state index in [0.29, 0.717) is 30.4 Å². The van der Waals surface area contributed by atoms with Crippen LogP contribution < -0.4 is 15.8 Å². The van der Waals surface area contributed by atoms with Gasteiger partial charge in [0.15, 0.2) is 0 Å². The van der Waals surface area contributed by atoms with Crippen molar-refractivity contribution < 1.29 is 9.53 Å². The fourth-order valence-corrected chi connectivity index (χ4v) is 2.39. The number of nitrogens with one attached hydrogen (secondary N) is 1. The minimum atomic E-state index is -0.0119. The van der Waals surface area contributed by atoms with Gasteiger partial charge in [0.25, 0.3) is 0 Å². The van der Waals surface area contributed by atoms with Crippen LogP contribution in [0.3, 0.4) is 0 Å². The number of hydrogen-bond donors (Lipinski definition) is 2. The molecule has 1 aliphatic heterocycles. The molecule has 0 saturated carbocycles. The number of methoxy groups -OCH3 is 1. The third-order valence-corrected chi connectivity index (χ3v) is 3.45. The van der Waals surface area contributed by atoms with Crippen molar-refractivity contribution in [2.24, 2.45) is 11.7 Å². The fraction of sp³-hybridized carbons (Fsp3) is 0.500. The van der Waals surface area contributed by atoms with Crippen molar-refractivity contribution in [1.29, 1.82) is 0 Å². The number of para-hydroxylation sites is 2. The molecule has 0 bridgehead atoms. The minimum absolute atomic E-state index is 0.0119. The molecule has 0 aromatic heterocycles. The van der Waals surface area contributed by atoms with E-state index >= 15 is 0 Å². The maximum Gasteiger partial charge on any atom is 0.238 e. The second kappa shape index (κ2) is 6.54. The first-order valence-electron chi connectivity index (χ1n) is 6.58. The lowest BCUT2D eigenvalue weighted by Crippen LogP contribution is -2.32. The van der Waals surface area contributed by atoms with Crippen molar-refractivity contribution in [2.45, 2.75) is 6.42 Å². The molecule has 1 saturated heterocycles. The Hall–Kier alpha value is -1.59. The van der Waals surface area contributed by atoms with Crippen molar-refractivity contribution >= 4 is 11.6 Å². The van der Waals surface area contributed by atoms with E-state index in [1.807, 2.05) is 24.3 Å². The Morgan fingerprint density at radius 1 is 1.53 bits per heavy atom. The molecule has 0 radical (unpaired) electrons. The molecule has 3 N–H and O–H groups in total. The standard InChI is InChI=1S/C14H21N3O2/c1-19-13-5-3-2-4-12(13)16-14(18)10-17-7-6-11(8-15)9-17/h2-5,11H,6-10,15H2,1H3,(H,16,18)/t11-/m1/s1. The van der Waals surface area contributed by atoms with E-state index in [9.17, 15) is 4.79 Å². The van der Waals surface area contributed by atoms with Gasteiger partial charge < -0.3 is 15.8 Å². The average molecular weight is 263 g/mol. The van der Waals surface area contributed by atoms with Gasteiger partial charge in [-0.25, -0.2) is 0 Å². The summed E-state index contributed by atoms with van der Waals surface area (Å²) in [4.78, 5) is 14.1. The molecule has 5 nitrogen and oxygen atoms in total. The zero-order chi connectivity index (χ0) is 13.7. The van der Waals surface area contributed by atoms with Crippen LogP contribution in [-0.4, -0.2) is 44.1 Å². The van der Waals surface area contributed by atoms with E-state index in [-0.39, 0.29) is 5.91 Å². The largest absolute Gasteiger partial charge is 0.495 e. The summed E-state index contributed by atoms with van der Waals surface area (Å²) < 4.78 is 5.21. The summed E-state index contributed by atoms with van der Waals surface area (Å²) in [6.07, 6.45) is 1.08. The molecular formula is C14H21N3O2. The number of anilines is 1. The van der Waals surface area contributed by atoms with Gasteiger partial charge in [-0.1, -0.05) is 12.1 Å². The van der Waals surface area contributed by atoms with E-state index in [2.05, 4.69) is 10.2 Å². The Morgan fingerprint density at radius 2 is 2.32 bits per heavy atom. The summed E-state index contributed by atoms with van der Waals surface area (Å²) in [5.74, 6) is 1.19. The molecule has 5 heteroatoms. The number of hydrogen-bond acceptors (Lipinski definition) is 4. The first-order valence-corrected chi connectivity index (χ1v) is 6.58. The Kier molecular flexibility index (Phi) is 4.76. The quantitative estimate of drug-likeness (QED) is 0.829. The number of amides is 1. The van der Waals surface area contributed by atoms with Crippen LogP contribution in [0.2, 0.25) is 0 Å². The highest BCUT2D eigenvalue weighted by Gasteiger charge is 2.23.